The molecule has 0 unspecified atom stereocenters. The lowest BCUT2D eigenvalue weighted by atomic mass is 9.98. The zero-order valence-corrected chi connectivity index (χ0v) is 17.1. The van der Waals surface area contributed by atoms with Crippen LogP contribution in [-0.2, 0) is 6.42 Å². The fourth-order valence-corrected chi connectivity index (χ4v) is 4.55. The molecule has 5 heteroatoms. The Labute approximate surface area is 158 Å². The molecule has 0 saturated heterocycles. The number of rotatable bonds is 5. The minimum Gasteiger partial charge on any atom is -0.356 e. The third kappa shape index (κ3) is 3.25. The molecule has 1 aromatic carbocycles. The van der Waals surface area contributed by atoms with Gasteiger partial charge in [0.25, 0.3) is 0 Å². The number of aryl methyl sites for hydroxylation is 3. The molecule has 0 N–H and O–H groups in total. The van der Waals surface area contributed by atoms with Crippen LogP contribution >= 0.6 is 22.9 Å². The summed E-state index contributed by atoms with van der Waals surface area (Å²) < 4.78 is 0. The van der Waals surface area contributed by atoms with E-state index in [1.807, 2.05) is 0 Å². The minimum absolute atomic E-state index is 0.324. The second-order valence-corrected chi connectivity index (χ2v) is 7.64. The average Bonchev–Trinajstić information content (AvgIpc) is 2.96. The lowest BCUT2D eigenvalue weighted by Gasteiger charge is -2.21. The van der Waals surface area contributed by atoms with Crippen LogP contribution in [0.2, 0.25) is 5.28 Å². The summed E-state index contributed by atoms with van der Waals surface area (Å²) in [6.07, 6.45) is 0.971. The molecule has 25 heavy (non-hydrogen) atoms. The summed E-state index contributed by atoms with van der Waals surface area (Å²) in [5.41, 5.74) is 5.12. The van der Waals surface area contributed by atoms with E-state index >= 15 is 0 Å². The Kier molecular flexibility index (Phi) is 5.30. The zero-order valence-electron chi connectivity index (χ0n) is 15.5. The number of aromatic nitrogens is 2. The minimum atomic E-state index is 0.324. The van der Waals surface area contributed by atoms with E-state index in [2.05, 4.69) is 67.7 Å². The molecule has 0 fully saturated rings. The van der Waals surface area contributed by atoms with E-state index < -0.39 is 0 Å². The summed E-state index contributed by atoms with van der Waals surface area (Å²) in [4.78, 5) is 13.7. The van der Waals surface area contributed by atoms with Crippen LogP contribution in [0, 0.1) is 13.8 Å². The van der Waals surface area contributed by atoms with Gasteiger partial charge in [-0.15, -0.1) is 11.3 Å². The first-order chi connectivity index (χ1) is 12.0. The molecule has 132 valence electrons. The van der Waals surface area contributed by atoms with E-state index in [1.54, 1.807) is 11.3 Å². The highest BCUT2D eigenvalue weighted by molar-refractivity contribution is 7.19. The molecular weight excluding hydrogens is 350 g/mol. The second-order valence-electron chi connectivity index (χ2n) is 6.22. The van der Waals surface area contributed by atoms with Crippen molar-refractivity contribution in [1.29, 1.82) is 0 Å². The fourth-order valence-electron chi connectivity index (χ4n) is 3.21. The second kappa shape index (κ2) is 7.30. The molecule has 3 aromatic rings. The van der Waals surface area contributed by atoms with Gasteiger partial charge in [0.15, 0.2) is 0 Å². The summed E-state index contributed by atoms with van der Waals surface area (Å²) in [7, 11) is 0. The maximum atomic E-state index is 6.24. The average molecular weight is 374 g/mol. The van der Waals surface area contributed by atoms with Gasteiger partial charge in [-0.2, -0.15) is 4.98 Å². The number of thiophene rings is 1. The van der Waals surface area contributed by atoms with E-state index in [-0.39, 0.29) is 0 Å². The molecule has 2 heterocycles. The number of hydrogen-bond acceptors (Lipinski definition) is 4. The predicted molar refractivity (Wildman–Crippen MR) is 110 cm³/mol. The van der Waals surface area contributed by atoms with Crippen molar-refractivity contribution in [2.45, 2.75) is 41.0 Å². The Bertz CT molecular complexity index is 913. The normalized spacial score (nSPS) is 11.3. The topological polar surface area (TPSA) is 29.0 Å². The molecule has 0 aliphatic carbocycles. The molecule has 0 spiro atoms. The Morgan fingerprint density at radius 1 is 1.04 bits per heavy atom. The summed E-state index contributed by atoms with van der Waals surface area (Å²) in [5.74, 6) is 0.948. The van der Waals surface area contributed by atoms with Crippen LogP contribution in [0.25, 0.3) is 21.3 Å². The Balaban J connectivity index is 2.38. The highest BCUT2D eigenvalue weighted by Crippen LogP contribution is 2.43. The van der Waals surface area contributed by atoms with Crippen LogP contribution in [0.1, 0.15) is 36.8 Å². The van der Waals surface area contributed by atoms with Crippen molar-refractivity contribution in [1.82, 2.24) is 9.97 Å². The molecule has 0 radical (unpaired) electrons. The fraction of sp³-hybridized carbons (Fsp3) is 0.400. The number of anilines is 1. The van der Waals surface area contributed by atoms with Gasteiger partial charge in [0.2, 0.25) is 5.28 Å². The van der Waals surface area contributed by atoms with Gasteiger partial charge in [-0.3, -0.25) is 0 Å². The number of halogens is 1. The first kappa shape index (κ1) is 18.2. The van der Waals surface area contributed by atoms with Crippen molar-refractivity contribution >= 4 is 39.0 Å². The zero-order chi connectivity index (χ0) is 18.1. The van der Waals surface area contributed by atoms with Gasteiger partial charge in [0.05, 0.1) is 5.39 Å². The van der Waals surface area contributed by atoms with E-state index in [0.717, 1.165) is 35.5 Å². The largest absolute Gasteiger partial charge is 0.356 e. The number of fused-ring (bicyclic) bond motifs is 1. The molecule has 0 aliphatic heterocycles. The van der Waals surface area contributed by atoms with Crippen molar-refractivity contribution < 1.29 is 0 Å². The summed E-state index contributed by atoms with van der Waals surface area (Å²) in [5, 5.41) is 1.46. The van der Waals surface area contributed by atoms with Gasteiger partial charge < -0.3 is 4.90 Å². The van der Waals surface area contributed by atoms with E-state index in [9.17, 15) is 0 Å². The Morgan fingerprint density at radius 2 is 1.76 bits per heavy atom. The summed E-state index contributed by atoms with van der Waals surface area (Å²) in [6, 6.07) is 6.68. The molecule has 0 atom stereocenters. The third-order valence-electron chi connectivity index (χ3n) is 4.76. The van der Waals surface area contributed by atoms with Crippen LogP contribution in [0.4, 0.5) is 5.82 Å². The van der Waals surface area contributed by atoms with Crippen molar-refractivity contribution in [3.8, 4) is 11.1 Å². The van der Waals surface area contributed by atoms with Gasteiger partial charge >= 0.3 is 0 Å². The van der Waals surface area contributed by atoms with Crippen molar-refractivity contribution in [2.75, 3.05) is 18.0 Å². The van der Waals surface area contributed by atoms with E-state index in [4.69, 9.17) is 11.6 Å². The van der Waals surface area contributed by atoms with Crippen molar-refractivity contribution in [2.24, 2.45) is 0 Å². The van der Waals surface area contributed by atoms with Gasteiger partial charge in [-0.05, 0) is 62.4 Å². The first-order valence-corrected chi connectivity index (χ1v) is 10.0. The summed E-state index contributed by atoms with van der Waals surface area (Å²) >= 11 is 7.97. The Morgan fingerprint density at radius 3 is 2.36 bits per heavy atom. The molecule has 2 aromatic heterocycles. The van der Waals surface area contributed by atoms with E-state index in [0.29, 0.717) is 5.28 Å². The van der Waals surface area contributed by atoms with Crippen molar-refractivity contribution in [3.63, 3.8) is 0 Å². The monoisotopic (exact) mass is 373 g/mol. The van der Waals surface area contributed by atoms with Crippen LogP contribution in [0.3, 0.4) is 0 Å². The number of benzene rings is 1. The maximum absolute atomic E-state index is 6.24. The highest BCUT2D eigenvalue weighted by Gasteiger charge is 2.21. The smallest absolute Gasteiger partial charge is 0.225 e. The molecule has 0 bridgehead atoms. The van der Waals surface area contributed by atoms with Gasteiger partial charge in [0, 0.05) is 23.5 Å². The standard InChI is InChI=1S/C20H24ClN3S/c1-6-15-16(14-10-9-12(4)13(5)11-14)17-18(24(7-2)8-3)22-20(21)23-19(17)25-15/h9-11H,6-8H2,1-5H3. The predicted octanol–water partition coefficient (Wildman–Crippen LogP) is 6.04. The van der Waals surface area contributed by atoms with Gasteiger partial charge in [0.1, 0.15) is 10.6 Å². The number of nitrogens with zero attached hydrogens (tertiary/aromatic N) is 3. The molecule has 0 saturated carbocycles. The van der Waals surface area contributed by atoms with Crippen LogP contribution < -0.4 is 4.90 Å². The van der Waals surface area contributed by atoms with Crippen LogP contribution in [0.15, 0.2) is 18.2 Å². The molecule has 0 aliphatic rings. The molecule has 0 amide bonds. The molecule has 3 nitrogen and oxygen atoms in total. The van der Waals surface area contributed by atoms with E-state index in [1.165, 1.54) is 27.1 Å². The van der Waals surface area contributed by atoms with Crippen LogP contribution in [-0.4, -0.2) is 23.1 Å². The Hall–Kier alpha value is -1.65. The summed E-state index contributed by atoms with van der Waals surface area (Å²) in [6.45, 7) is 12.6. The quantitative estimate of drug-likeness (QED) is 0.510. The lowest BCUT2D eigenvalue weighted by molar-refractivity contribution is 0.849. The highest BCUT2D eigenvalue weighted by atomic mass is 35.5. The first-order valence-electron chi connectivity index (χ1n) is 8.81. The third-order valence-corrected chi connectivity index (χ3v) is 6.15. The van der Waals surface area contributed by atoms with Gasteiger partial charge in [-0.1, -0.05) is 25.1 Å². The maximum Gasteiger partial charge on any atom is 0.225 e. The SMILES string of the molecule is CCc1sc2nc(Cl)nc(N(CC)CC)c2c1-c1ccc(C)c(C)c1. The van der Waals surface area contributed by atoms with Gasteiger partial charge in [-0.25, -0.2) is 4.98 Å². The number of hydrogen-bond donors (Lipinski definition) is 0. The van der Waals surface area contributed by atoms with Crippen molar-refractivity contribution in [3.05, 3.63) is 39.5 Å². The van der Waals surface area contributed by atoms with Crippen LogP contribution in [0.5, 0.6) is 0 Å². The molecular formula is C20H24ClN3S. The lowest BCUT2D eigenvalue weighted by Crippen LogP contribution is -2.23. The molecule has 3 rings (SSSR count).